The van der Waals surface area contributed by atoms with E-state index in [-0.39, 0.29) is 5.91 Å². The first-order chi connectivity index (χ1) is 9.61. The molecule has 0 bridgehead atoms. The van der Waals surface area contributed by atoms with Crippen LogP contribution in [0.25, 0.3) is 0 Å². The molecule has 0 aliphatic rings. The van der Waals surface area contributed by atoms with Gasteiger partial charge < -0.3 is 10.6 Å². The summed E-state index contributed by atoms with van der Waals surface area (Å²) >= 11 is 5.80. The van der Waals surface area contributed by atoms with Gasteiger partial charge in [-0.05, 0) is 38.1 Å². The van der Waals surface area contributed by atoms with E-state index in [0.717, 1.165) is 12.2 Å². The Labute approximate surface area is 123 Å². The third kappa shape index (κ3) is 3.27. The maximum Gasteiger partial charge on any atom is 0.257 e. The summed E-state index contributed by atoms with van der Waals surface area (Å²) in [5.74, 6) is -0.172. The van der Waals surface area contributed by atoms with Crippen LogP contribution in [-0.2, 0) is 0 Å². The number of rotatable bonds is 4. The topological polar surface area (TPSA) is 54.0 Å². The average molecular weight is 290 g/mol. The fourth-order valence-electron chi connectivity index (χ4n) is 1.88. The predicted molar refractivity (Wildman–Crippen MR) is 82.5 cm³/mol. The molecular formula is C15H16ClN3O. The first kappa shape index (κ1) is 14.3. The molecule has 2 rings (SSSR count). The van der Waals surface area contributed by atoms with Crippen molar-refractivity contribution in [2.24, 2.45) is 0 Å². The predicted octanol–water partition coefficient (Wildman–Crippen LogP) is 3.73. The van der Waals surface area contributed by atoms with Crippen molar-refractivity contribution in [2.45, 2.75) is 13.8 Å². The second kappa shape index (κ2) is 6.39. The lowest BCUT2D eigenvalue weighted by atomic mass is 10.1. The summed E-state index contributed by atoms with van der Waals surface area (Å²) in [4.78, 5) is 16.4. The van der Waals surface area contributed by atoms with Gasteiger partial charge in [0.1, 0.15) is 5.15 Å². The fourth-order valence-corrected chi connectivity index (χ4v) is 2.07. The monoisotopic (exact) mass is 289 g/mol. The second-order valence-corrected chi connectivity index (χ2v) is 4.68. The number of amides is 1. The Morgan fingerprint density at radius 1 is 1.20 bits per heavy atom. The normalized spacial score (nSPS) is 10.2. The molecule has 0 unspecified atom stereocenters. The van der Waals surface area contributed by atoms with E-state index in [1.165, 1.54) is 0 Å². The van der Waals surface area contributed by atoms with Crippen molar-refractivity contribution in [3.8, 4) is 0 Å². The van der Waals surface area contributed by atoms with Crippen molar-refractivity contribution < 1.29 is 4.79 Å². The summed E-state index contributed by atoms with van der Waals surface area (Å²) in [6.45, 7) is 4.55. The molecule has 1 aromatic carbocycles. The number of pyridine rings is 1. The Balaban J connectivity index is 2.24. The number of carbonyl (C=O) groups excluding carboxylic acids is 1. The highest BCUT2D eigenvalue weighted by molar-refractivity contribution is 6.29. The van der Waals surface area contributed by atoms with Gasteiger partial charge in [-0.3, -0.25) is 4.79 Å². The van der Waals surface area contributed by atoms with E-state index in [9.17, 15) is 4.79 Å². The average Bonchev–Trinajstić information content (AvgIpc) is 2.43. The number of carbonyl (C=O) groups is 1. The van der Waals surface area contributed by atoms with E-state index >= 15 is 0 Å². The quantitative estimate of drug-likeness (QED) is 0.843. The summed E-state index contributed by atoms with van der Waals surface area (Å²) in [6, 6.07) is 10.8. The van der Waals surface area contributed by atoms with Crippen LogP contribution in [0.4, 0.5) is 11.4 Å². The van der Waals surface area contributed by atoms with Crippen LogP contribution in [0.5, 0.6) is 0 Å². The van der Waals surface area contributed by atoms with E-state index in [2.05, 4.69) is 15.6 Å². The van der Waals surface area contributed by atoms with E-state index in [1.807, 2.05) is 25.1 Å². The molecule has 0 atom stereocenters. The number of halogens is 1. The zero-order valence-corrected chi connectivity index (χ0v) is 12.2. The number of benzene rings is 1. The van der Waals surface area contributed by atoms with Gasteiger partial charge in [0.05, 0.1) is 16.9 Å². The zero-order chi connectivity index (χ0) is 14.5. The van der Waals surface area contributed by atoms with Crippen LogP contribution in [-0.4, -0.2) is 17.4 Å². The molecule has 5 heteroatoms. The second-order valence-electron chi connectivity index (χ2n) is 4.30. The lowest BCUT2D eigenvalue weighted by molar-refractivity contribution is 0.102. The molecule has 104 valence electrons. The molecular weight excluding hydrogens is 274 g/mol. The van der Waals surface area contributed by atoms with Crippen LogP contribution < -0.4 is 10.6 Å². The molecule has 0 saturated heterocycles. The van der Waals surface area contributed by atoms with Crippen molar-refractivity contribution in [2.75, 3.05) is 17.2 Å². The number of para-hydroxylation sites is 1. The van der Waals surface area contributed by atoms with Crippen LogP contribution in [0.3, 0.4) is 0 Å². The van der Waals surface area contributed by atoms with E-state index < -0.39 is 0 Å². The Morgan fingerprint density at radius 3 is 2.65 bits per heavy atom. The maximum atomic E-state index is 12.3. The highest BCUT2D eigenvalue weighted by Gasteiger charge is 2.12. The van der Waals surface area contributed by atoms with Crippen LogP contribution in [0.2, 0.25) is 5.15 Å². The number of anilines is 2. The third-order valence-corrected chi connectivity index (χ3v) is 3.05. The lowest BCUT2D eigenvalue weighted by Gasteiger charge is -2.12. The molecule has 0 aliphatic carbocycles. The van der Waals surface area contributed by atoms with Gasteiger partial charge >= 0.3 is 0 Å². The molecule has 0 spiro atoms. The van der Waals surface area contributed by atoms with Crippen molar-refractivity contribution in [3.05, 3.63) is 52.8 Å². The third-order valence-electron chi connectivity index (χ3n) is 2.84. The molecule has 0 fully saturated rings. The van der Waals surface area contributed by atoms with Gasteiger partial charge in [0.15, 0.2) is 0 Å². The minimum Gasteiger partial charge on any atom is -0.385 e. The van der Waals surface area contributed by atoms with Crippen molar-refractivity contribution >= 4 is 28.9 Å². The molecule has 20 heavy (non-hydrogen) atoms. The van der Waals surface area contributed by atoms with Gasteiger partial charge in [-0.15, -0.1) is 0 Å². The van der Waals surface area contributed by atoms with Gasteiger partial charge in [0.25, 0.3) is 5.91 Å². The molecule has 0 aliphatic heterocycles. The molecule has 0 radical (unpaired) electrons. The Morgan fingerprint density at radius 2 is 1.95 bits per heavy atom. The number of nitrogens with one attached hydrogen (secondary N) is 2. The van der Waals surface area contributed by atoms with Gasteiger partial charge in [0.2, 0.25) is 0 Å². The molecule has 4 nitrogen and oxygen atoms in total. The highest BCUT2D eigenvalue weighted by Crippen LogP contribution is 2.20. The summed E-state index contributed by atoms with van der Waals surface area (Å²) < 4.78 is 0. The summed E-state index contributed by atoms with van der Waals surface area (Å²) in [6.07, 6.45) is 0. The van der Waals surface area contributed by atoms with E-state index in [4.69, 9.17) is 11.6 Å². The minimum absolute atomic E-state index is 0.172. The van der Waals surface area contributed by atoms with Crippen molar-refractivity contribution in [3.63, 3.8) is 0 Å². The number of hydrogen-bond donors (Lipinski definition) is 2. The van der Waals surface area contributed by atoms with Crippen LogP contribution in [0.15, 0.2) is 36.4 Å². The largest absolute Gasteiger partial charge is 0.385 e. The molecule has 1 heterocycles. The first-order valence-corrected chi connectivity index (χ1v) is 6.77. The standard InChI is InChI=1S/C15H16ClN3O/c1-3-17-13-7-5-4-6-11(13)15(20)19-12-8-9-14(16)18-10(12)2/h4-9,17H,3H2,1-2H3,(H,19,20). The SMILES string of the molecule is CCNc1ccccc1C(=O)Nc1ccc(Cl)nc1C. The number of nitrogens with zero attached hydrogens (tertiary/aromatic N) is 1. The summed E-state index contributed by atoms with van der Waals surface area (Å²) in [7, 11) is 0. The Kier molecular flexibility index (Phi) is 4.58. The zero-order valence-electron chi connectivity index (χ0n) is 11.4. The van der Waals surface area contributed by atoms with Crippen LogP contribution in [0, 0.1) is 6.92 Å². The van der Waals surface area contributed by atoms with Crippen molar-refractivity contribution in [1.82, 2.24) is 4.98 Å². The number of aromatic nitrogens is 1. The molecule has 1 aromatic heterocycles. The number of aryl methyl sites for hydroxylation is 1. The number of hydrogen-bond acceptors (Lipinski definition) is 3. The smallest absolute Gasteiger partial charge is 0.257 e. The molecule has 0 saturated carbocycles. The first-order valence-electron chi connectivity index (χ1n) is 6.39. The van der Waals surface area contributed by atoms with Crippen molar-refractivity contribution in [1.29, 1.82) is 0 Å². The maximum absolute atomic E-state index is 12.3. The van der Waals surface area contributed by atoms with Gasteiger partial charge in [-0.2, -0.15) is 0 Å². The Bertz CT molecular complexity index is 628. The van der Waals surface area contributed by atoms with Gasteiger partial charge in [-0.25, -0.2) is 4.98 Å². The highest BCUT2D eigenvalue weighted by atomic mass is 35.5. The van der Waals surface area contributed by atoms with E-state index in [0.29, 0.717) is 22.1 Å². The minimum atomic E-state index is -0.172. The van der Waals surface area contributed by atoms with Crippen LogP contribution in [0.1, 0.15) is 23.0 Å². The molecule has 1 amide bonds. The lowest BCUT2D eigenvalue weighted by Crippen LogP contribution is -2.15. The van der Waals surface area contributed by atoms with Gasteiger partial charge in [0, 0.05) is 12.2 Å². The van der Waals surface area contributed by atoms with Crippen LogP contribution >= 0.6 is 11.6 Å². The molecule has 2 N–H and O–H groups in total. The summed E-state index contributed by atoms with van der Waals surface area (Å²) in [5.41, 5.74) is 2.76. The summed E-state index contributed by atoms with van der Waals surface area (Å²) in [5, 5.41) is 6.43. The molecule has 2 aromatic rings. The van der Waals surface area contributed by atoms with E-state index in [1.54, 1.807) is 25.1 Å². The Hall–Kier alpha value is -2.07. The fraction of sp³-hybridized carbons (Fsp3) is 0.200. The van der Waals surface area contributed by atoms with Gasteiger partial charge in [-0.1, -0.05) is 23.7 Å².